The lowest BCUT2D eigenvalue weighted by Gasteiger charge is -2.12. The zero-order valence-electron chi connectivity index (χ0n) is 20.8. The van der Waals surface area contributed by atoms with E-state index in [-0.39, 0.29) is 11.4 Å². The van der Waals surface area contributed by atoms with Crippen LogP contribution in [0.2, 0.25) is 5.02 Å². The number of amides is 3. The number of fused-ring (bicyclic) bond motifs is 1. The maximum atomic E-state index is 14.5. The Kier molecular flexibility index (Phi) is 7.72. The highest BCUT2D eigenvalue weighted by molar-refractivity contribution is 8.18. The summed E-state index contributed by atoms with van der Waals surface area (Å²) in [4.78, 5) is 39.4. The Morgan fingerprint density at radius 1 is 1.08 bits per heavy atom. The number of imide groups is 1. The Hall–Kier alpha value is -4.08. The lowest BCUT2D eigenvalue weighted by molar-refractivity contribution is -0.127. The highest BCUT2D eigenvalue weighted by atomic mass is 35.5. The van der Waals surface area contributed by atoms with Crippen molar-refractivity contribution in [2.24, 2.45) is 0 Å². The number of ether oxygens (including phenoxy) is 1. The van der Waals surface area contributed by atoms with Crippen LogP contribution in [0.1, 0.15) is 18.1 Å². The number of hydrogen-bond acceptors (Lipinski definition) is 5. The molecule has 198 valence electrons. The van der Waals surface area contributed by atoms with Crippen molar-refractivity contribution in [3.05, 3.63) is 99.8 Å². The summed E-state index contributed by atoms with van der Waals surface area (Å²) in [7, 11) is 0. The molecule has 5 rings (SSSR count). The Balaban J connectivity index is 1.35. The predicted molar refractivity (Wildman–Crippen MR) is 151 cm³/mol. The van der Waals surface area contributed by atoms with Gasteiger partial charge < -0.3 is 14.6 Å². The van der Waals surface area contributed by atoms with Crippen LogP contribution < -0.4 is 10.1 Å². The van der Waals surface area contributed by atoms with E-state index in [0.29, 0.717) is 34.2 Å². The van der Waals surface area contributed by atoms with Gasteiger partial charge in [-0.05, 0) is 67.2 Å². The van der Waals surface area contributed by atoms with E-state index in [2.05, 4.69) is 5.32 Å². The largest absolute Gasteiger partial charge is 0.494 e. The third-order valence-electron chi connectivity index (χ3n) is 6.12. The van der Waals surface area contributed by atoms with Gasteiger partial charge in [0.15, 0.2) is 0 Å². The number of nitrogens with one attached hydrogen (secondary N) is 1. The Morgan fingerprint density at radius 2 is 1.85 bits per heavy atom. The highest BCUT2D eigenvalue weighted by Crippen LogP contribution is 2.34. The van der Waals surface area contributed by atoms with Gasteiger partial charge in [-0.2, -0.15) is 0 Å². The SMILES string of the molecule is CCOc1ccc(NC(=O)CN2C(=O)S/C(=C/c3cn(Cc4c(F)cccc4Cl)c4ccccc34)C2=O)cc1. The van der Waals surface area contributed by atoms with Gasteiger partial charge in [0.1, 0.15) is 18.1 Å². The topological polar surface area (TPSA) is 80.6 Å². The number of carbonyl (C=O) groups excluding carboxylic acids is 3. The number of carbonyl (C=O) groups is 3. The quantitative estimate of drug-likeness (QED) is 0.246. The summed E-state index contributed by atoms with van der Waals surface area (Å²) in [6.07, 6.45) is 3.41. The summed E-state index contributed by atoms with van der Waals surface area (Å²) in [6.45, 7) is 2.18. The van der Waals surface area contributed by atoms with Gasteiger partial charge >= 0.3 is 0 Å². The second kappa shape index (κ2) is 11.3. The fourth-order valence-corrected chi connectivity index (χ4v) is 5.35. The van der Waals surface area contributed by atoms with Crippen molar-refractivity contribution >= 4 is 63.1 Å². The number of anilines is 1. The van der Waals surface area contributed by atoms with Gasteiger partial charge in [-0.25, -0.2) is 4.39 Å². The summed E-state index contributed by atoms with van der Waals surface area (Å²) in [6, 6.07) is 18.8. The molecule has 2 heterocycles. The number of benzene rings is 3. The summed E-state index contributed by atoms with van der Waals surface area (Å²) in [5.74, 6) is -0.793. The van der Waals surface area contributed by atoms with Crippen molar-refractivity contribution in [2.45, 2.75) is 13.5 Å². The number of para-hydroxylation sites is 1. The van der Waals surface area contributed by atoms with Gasteiger partial charge in [-0.15, -0.1) is 0 Å². The summed E-state index contributed by atoms with van der Waals surface area (Å²) < 4.78 is 21.7. The number of thioether (sulfide) groups is 1. The van der Waals surface area contributed by atoms with Crippen LogP contribution in [0, 0.1) is 5.82 Å². The van der Waals surface area contributed by atoms with Crippen LogP contribution in [0.4, 0.5) is 14.9 Å². The van der Waals surface area contributed by atoms with E-state index < -0.39 is 29.4 Å². The van der Waals surface area contributed by atoms with Crippen LogP contribution in [0.25, 0.3) is 17.0 Å². The van der Waals surface area contributed by atoms with Gasteiger partial charge in [0.2, 0.25) is 5.91 Å². The maximum absolute atomic E-state index is 14.5. The van der Waals surface area contributed by atoms with E-state index in [9.17, 15) is 18.8 Å². The molecular formula is C29H23ClFN3O4S. The van der Waals surface area contributed by atoms with Gasteiger partial charge in [-0.3, -0.25) is 19.3 Å². The van der Waals surface area contributed by atoms with Crippen molar-refractivity contribution < 1.29 is 23.5 Å². The minimum absolute atomic E-state index is 0.188. The molecule has 1 aromatic heterocycles. The number of halogens is 2. The molecule has 1 aliphatic heterocycles. The molecule has 1 saturated heterocycles. The van der Waals surface area contributed by atoms with Gasteiger partial charge in [0.05, 0.1) is 18.1 Å². The lowest BCUT2D eigenvalue weighted by Crippen LogP contribution is -2.36. The highest BCUT2D eigenvalue weighted by Gasteiger charge is 2.36. The summed E-state index contributed by atoms with van der Waals surface area (Å²) in [5.41, 5.74) is 2.37. The van der Waals surface area contributed by atoms with Crippen LogP contribution in [-0.4, -0.2) is 39.7 Å². The first kappa shape index (κ1) is 26.5. The standard InChI is InChI=1S/C29H23ClFN3O4S/c1-2-38-20-12-10-19(11-13-20)32-27(35)17-34-28(36)26(39-29(34)37)14-18-15-33(25-9-4-3-6-21(18)25)16-22-23(30)7-5-8-24(22)31/h3-15H,2,16-17H2,1H3,(H,32,35)/b26-14+. The minimum atomic E-state index is -0.555. The molecule has 1 fully saturated rings. The first-order chi connectivity index (χ1) is 18.8. The van der Waals surface area contributed by atoms with Gasteiger partial charge in [-0.1, -0.05) is 35.9 Å². The molecule has 0 aliphatic carbocycles. The maximum Gasteiger partial charge on any atom is 0.294 e. The molecule has 0 atom stereocenters. The average Bonchev–Trinajstić information content (AvgIpc) is 3.39. The van der Waals surface area contributed by atoms with Crippen molar-refractivity contribution in [1.82, 2.24) is 9.47 Å². The van der Waals surface area contributed by atoms with Crippen LogP contribution in [0.3, 0.4) is 0 Å². The molecule has 0 spiro atoms. The smallest absolute Gasteiger partial charge is 0.294 e. The predicted octanol–water partition coefficient (Wildman–Crippen LogP) is 6.56. The van der Waals surface area contributed by atoms with E-state index in [1.165, 1.54) is 6.07 Å². The third kappa shape index (κ3) is 5.69. The molecule has 0 radical (unpaired) electrons. The van der Waals surface area contributed by atoms with E-state index >= 15 is 0 Å². The molecule has 1 aliphatic rings. The van der Waals surface area contributed by atoms with Crippen molar-refractivity contribution in [1.29, 1.82) is 0 Å². The minimum Gasteiger partial charge on any atom is -0.494 e. The van der Waals surface area contributed by atoms with E-state index in [0.717, 1.165) is 27.6 Å². The Bertz CT molecular complexity index is 1600. The fraction of sp³-hybridized carbons (Fsp3) is 0.138. The summed E-state index contributed by atoms with van der Waals surface area (Å²) in [5, 5.41) is 3.30. The molecule has 0 saturated carbocycles. The fourth-order valence-electron chi connectivity index (χ4n) is 4.30. The monoisotopic (exact) mass is 563 g/mol. The van der Waals surface area contributed by atoms with Crippen LogP contribution in [-0.2, 0) is 16.1 Å². The zero-order chi connectivity index (χ0) is 27.5. The van der Waals surface area contributed by atoms with Crippen molar-refractivity contribution in [3.8, 4) is 5.75 Å². The zero-order valence-corrected chi connectivity index (χ0v) is 22.4. The summed E-state index contributed by atoms with van der Waals surface area (Å²) >= 11 is 7.01. The molecule has 0 unspecified atom stereocenters. The van der Waals surface area contributed by atoms with Gasteiger partial charge in [0, 0.05) is 38.9 Å². The average molecular weight is 564 g/mol. The molecule has 39 heavy (non-hydrogen) atoms. The molecule has 10 heteroatoms. The van der Waals surface area contributed by atoms with E-state index in [1.807, 2.05) is 35.8 Å². The van der Waals surface area contributed by atoms with Crippen molar-refractivity contribution in [2.75, 3.05) is 18.5 Å². The molecular weight excluding hydrogens is 541 g/mol. The lowest BCUT2D eigenvalue weighted by atomic mass is 10.1. The van der Waals surface area contributed by atoms with Crippen LogP contribution in [0.5, 0.6) is 5.75 Å². The van der Waals surface area contributed by atoms with E-state index in [1.54, 1.807) is 48.7 Å². The second-order valence-corrected chi connectivity index (χ2v) is 10.1. The van der Waals surface area contributed by atoms with Crippen LogP contribution >= 0.6 is 23.4 Å². The molecule has 1 N–H and O–H groups in total. The molecule has 0 bridgehead atoms. The molecule has 4 aromatic rings. The van der Waals surface area contributed by atoms with Crippen LogP contribution in [0.15, 0.2) is 77.8 Å². The Morgan fingerprint density at radius 3 is 2.59 bits per heavy atom. The first-order valence-corrected chi connectivity index (χ1v) is 13.3. The molecule has 3 aromatic carbocycles. The Labute approximate surface area is 233 Å². The van der Waals surface area contributed by atoms with Gasteiger partial charge in [0.25, 0.3) is 11.1 Å². The number of rotatable bonds is 8. The normalized spacial score (nSPS) is 14.4. The number of hydrogen-bond donors (Lipinski definition) is 1. The molecule has 3 amide bonds. The van der Waals surface area contributed by atoms with Crippen molar-refractivity contribution in [3.63, 3.8) is 0 Å². The second-order valence-electron chi connectivity index (χ2n) is 8.70. The third-order valence-corrected chi connectivity index (χ3v) is 7.38. The number of nitrogens with zero attached hydrogens (tertiary/aromatic N) is 2. The first-order valence-electron chi connectivity index (χ1n) is 12.1. The number of aromatic nitrogens is 1. The van der Waals surface area contributed by atoms with E-state index in [4.69, 9.17) is 16.3 Å². The molecule has 7 nitrogen and oxygen atoms in total.